The SMILES string of the molecule is O=[N+]([O-])c1ccccc1C1c2cccn2CCCN1Cc1ccc(F)c(Cl)c1. The summed E-state index contributed by atoms with van der Waals surface area (Å²) < 4.78 is 15.7. The van der Waals surface area contributed by atoms with Crippen LogP contribution in [-0.2, 0) is 13.1 Å². The van der Waals surface area contributed by atoms with Crippen LogP contribution in [0.4, 0.5) is 10.1 Å². The number of fused-ring (bicyclic) bond motifs is 1. The first-order chi connectivity index (χ1) is 13.5. The molecule has 1 aliphatic heterocycles. The first-order valence-electron chi connectivity index (χ1n) is 9.11. The van der Waals surface area contributed by atoms with Crippen LogP contribution in [0.2, 0.25) is 5.02 Å². The molecule has 2 heterocycles. The lowest BCUT2D eigenvalue weighted by molar-refractivity contribution is -0.385. The number of para-hydroxylation sites is 1. The minimum Gasteiger partial charge on any atom is -0.350 e. The first kappa shape index (κ1) is 18.7. The van der Waals surface area contributed by atoms with Crippen LogP contribution in [0, 0.1) is 15.9 Å². The number of nitro groups is 1. The van der Waals surface area contributed by atoms with Gasteiger partial charge in [0.1, 0.15) is 5.82 Å². The van der Waals surface area contributed by atoms with Gasteiger partial charge in [0.25, 0.3) is 5.69 Å². The maximum Gasteiger partial charge on any atom is 0.274 e. The van der Waals surface area contributed by atoms with E-state index in [9.17, 15) is 14.5 Å². The lowest BCUT2D eigenvalue weighted by Gasteiger charge is -2.30. The van der Waals surface area contributed by atoms with Crippen LogP contribution in [-0.4, -0.2) is 20.9 Å². The van der Waals surface area contributed by atoms with Gasteiger partial charge < -0.3 is 4.57 Å². The van der Waals surface area contributed by atoms with Crippen LogP contribution in [0.25, 0.3) is 0 Å². The van der Waals surface area contributed by atoms with Crippen LogP contribution in [0.3, 0.4) is 0 Å². The van der Waals surface area contributed by atoms with Crippen molar-refractivity contribution in [3.05, 3.63) is 98.6 Å². The molecule has 0 N–H and O–H groups in total. The van der Waals surface area contributed by atoms with Crippen molar-refractivity contribution < 1.29 is 9.31 Å². The number of rotatable bonds is 4. The summed E-state index contributed by atoms with van der Waals surface area (Å²) in [5.74, 6) is -0.453. The second-order valence-electron chi connectivity index (χ2n) is 6.92. The molecular formula is C21H19ClFN3O2. The minimum atomic E-state index is -0.453. The van der Waals surface area contributed by atoms with E-state index in [0.29, 0.717) is 12.1 Å². The van der Waals surface area contributed by atoms with E-state index in [1.165, 1.54) is 6.07 Å². The summed E-state index contributed by atoms with van der Waals surface area (Å²) in [7, 11) is 0. The van der Waals surface area contributed by atoms with E-state index in [0.717, 1.165) is 30.8 Å². The third kappa shape index (κ3) is 3.53. The van der Waals surface area contributed by atoms with Crippen molar-refractivity contribution in [2.45, 2.75) is 25.6 Å². The van der Waals surface area contributed by atoms with Gasteiger partial charge in [0, 0.05) is 37.6 Å². The lowest BCUT2D eigenvalue weighted by atomic mass is 9.99. The van der Waals surface area contributed by atoms with Gasteiger partial charge in [-0.15, -0.1) is 0 Å². The maximum atomic E-state index is 13.6. The molecule has 0 radical (unpaired) electrons. The fourth-order valence-electron chi connectivity index (χ4n) is 3.92. The van der Waals surface area contributed by atoms with Crippen LogP contribution >= 0.6 is 11.6 Å². The smallest absolute Gasteiger partial charge is 0.274 e. The van der Waals surface area contributed by atoms with Crippen LogP contribution < -0.4 is 0 Å². The standard InChI is InChI=1S/C21H19ClFN3O2/c22-17-13-15(8-9-18(17)23)14-25-12-4-11-24-10-3-7-20(24)21(25)16-5-1-2-6-19(16)26(27)28/h1-3,5-10,13,21H,4,11-12,14H2. The molecule has 0 amide bonds. The summed E-state index contributed by atoms with van der Waals surface area (Å²) in [4.78, 5) is 13.5. The van der Waals surface area contributed by atoms with Crippen LogP contribution in [0.5, 0.6) is 0 Å². The van der Waals surface area contributed by atoms with Gasteiger partial charge in [-0.3, -0.25) is 15.0 Å². The Morgan fingerprint density at radius 2 is 1.96 bits per heavy atom. The fourth-order valence-corrected chi connectivity index (χ4v) is 4.13. The third-order valence-corrected chi connectivity index (χ3v) is 5.44. The van der Waals surface area contributed by atoms with Gasteiger partial charge in [0.2, 0.25) is 0 Å². The van der Waals surface area contributed by atoms with E-state index in [4.69, 9.17) is 11.6 Å². The number of nitro benzene ring substituents is 1. The van der Waals surface area contributed by atoms with E-state index < -0.39 is 5.82 Å². The molecule has 0 saturated carbocycles. The summed E-state index contributed by atoms with van der Waals surface area (Å²) >= 11 is 5.96. The average Bonchev–Trinajstić information content (AvgIpc) is 3.06. The van der Waals surface area contributed by atoms with Crippen LogP contribution in [0.1, 0.15) is 29.3 Å². The fraction of sp³-hybridized carbons (Fsp3) is 0.238. The number of aryl methyl sites for hydroxylation is 1. The van der Waals surface area contributed by atoms with Crippen molar-refractivity contribution in [3.8, 4) is 0 Å². The highest BCUT2D eigenvalue weighted by Gasteiger charge is 2.32. The molecule has 7 heteroatoms. The minimum absolute atomic E-state index is 0.0814. The van der Waals surface area contributed by atoms with Gasteiger partial charge >= 0.3 is 0 Å². The molecule has 0 fully saturated rings. The van der Waals surface area contributed by atoms with Gasteiger partial charge in [0.05, 0.1) is 21.6 Å². The third-order valence-electron chi connectivity index (χ3n) is 5.15. The van der Waals surface area contributed by atoms with E-state index in [1.54, 1.807) is 24.3 Å². The van der Waals surface area contributed by atoms with Crippen LogP contribution in [0.15, 0.2) is 60.8 Å². The summed E-state index contributed by atoms with van der Waals surface area (Å²) in [5.41, 5.74) is 2.64. The Hall–Kier alpha value is -2.70. The molecule has 1 atom stereocenters. The number of hydrogen-bond donors (Lipinski definition) is 0. The van der Waals surface area contributed by atoms with Crippen molar-refractivity contribution in [3.63, 3.8) is 0 Å². The number of aromatic nitrogens is 1. The highest BCUT2D eigenvalue weighted by molar-refractivity contribution is 6.30. The molecule has 2 aromatic carbocycles. The number of halogens is 2. The predicted molar refractivity (Wildman–Crippen MR) is 106 cm³/mol. The molecule has 1 aromatic heterocycles. The molecule has 1 unspecified atom stereocenters. The molecular weight excluding hydrogens is 381 g/mol. The van der Waals surface area contributed by atoms with E-state index >= 15 is 0 Å². The van der Waals surface area contributed by atoms with Crippen molar-refractivity contribution in [1.82, 2.24) is 9.47 Å². The number of nitrogens with zero attached hydrogens (tertiary/aromatic N) is 3. The Morgan fingerprint density at radius 1 is 1.14 bits per heavy atom. The second kappa shape index (κ2) is 7.73. The monoisotopic (exact) mass is 399 g/mol. The molecule has 0 aliphatic carbocycles. The predicted octanol–water partition coefficient (Wildman–Crippen LogP) is 5.18. The molecule has 5 nitrogen and oxygen atoms in total. The highest BCUT2D eigenvalue weighted by atomic mass is 35.5. The lowest BCUT2D eigenvalue weighted by Crippen LogP contribution is -2.30. The van der Waals surface area contributed by atoms with Crippen molar-refractivity contribution in [1.29, 1.82) is 0 Å². The molecule has 0 bridgehead atoms. The van der Waals surface area contributed by atoms with Gasteiger partial charge in [-0.2, -0.15) is 0 Å². The van der Waals surface area contributed by atoms with E-state index in [1.807, 2.05) is 30.5 Å². The normalized spacial score (nSPS) is 17.1. The zero-order valence-electron chi connectivity index (χ0n) is 15.1. The molecule has 3 aromatic rings. The zero-order valence-corrected chi connectivity index (χ0v) is 15.8. The molecule has 0 saturated heterocycles. The second-order valence-corrected chi connectivity index (χ2v) is 7.32. The van der Waals surface area contributed by atoms with E-state index in [2.05, 4.69) is 9.47 Å². The van der Waals surface area contributed by atoms with Crippen molar-refractivity contribution in [2.24, 2.45) is 0 Å². The summed E-state index contributed by atoms with van der Waals surface area (Å²) in [5, 5.41) is 11.8. The van der Waals surface area contributed by atoms with Gasteiger partial charge in [-0.25, -0.2) is 4.39 Å². The highest BCUT2D eigenvalue weighted by Crippen LogP contribution is 2.37. The quantitative estimate of drug-likeness (QED) is 0.448. The Labute approximate surface area is 167 Å². The Kier molecular flexibility index (Phi) is 5.15. The summed E-state index contributed by atoms with van der Waals surface area (Å²) in [6, 6.07) is 15.3. The molecule has 28 heavy (non-hydrogen) atoms. The van der Waals surface area contributed by atoms with Gasteiger partial charge in [-0.1, -0.05) is 35.9 Å². The maximum absolute atomic E-state index is 13.6. The van der Waals surface area contributed by atoms with E-state index in [-0.39, 0.29) is 21.7 Å². The average molecular weight is 400 g/mol. The van der Waals surface area contributed by atoms with Crippen molar-refractivity contribution >= 4 is 17.3 Å². The zero-order chi connectivity index (χ0) is 19.7. The first-order valence-corrected chi connectivity index (χ1v) is 9.49. The number of benzene rings is 2. The van der Waals surface area contributed by atoms with Gasteiger partial charge in [0.15, 0.2) is 0 Å². The van der Waals surface area contributed by atoms with Crippen molar-refractivity contribution in [2.75, 3.05) is 6.54 Å². The molecule has 1 aliphatic rings. The van der Waals surface area contributed by atoms with Gasteiger partial charge in [-0.05, 0) is 36.2 Å². The Bertz CT molecular complexity index is 1020. The Morgan fingerprint density at radius 3 is 2.75 bits per heavy atom. The summed E-state index contributed by atoms with van der Waals surface area (Å²) in [6.45, 7) is 2.12. The summed E-state index contributed by atoms with van der Waals surface area (Å²) in [6.07, 6.45) is 2.92. The topological polar surface area (TPSA) is 51.3 Å². The number of hydrogen-bond acceptors (Lipinski definition) is 3. The Balaban J connectivity index is 1.80. The molecule has 144 valence electrons. The molecule has 4 rings (SSSR count). The largest absolute Gasteiger partial charge is 0.350 e. The molecule has 0 spiro atoms.